The summed E-state index contributed by atoms with van der Waals surface area (Å²) in [7, 11) is 0. The van der Waals surface area contributed by atoms with E-state index in [1.165, 1.54) is 6.07 Å². The van der Waals surface area contributed by atoms with Crippen molar-refractivity contribution in [3.8, 4) is 11.3 Å². The van der Waals surface area contributed by atoms with Crippen molar-refractivity contribution in [2.45, 2.75) is 6.54 Å². The van der Waals surface area contributed by atoms with Crippen molar-refractivity contribution in [1.29, 1.82) is 0 Å². The SMILES string of the molecule is O=C(Cl)Cn1c2cccc(=O)c-2cc2ccccc21. The number of carbonyl (C=O) groups is 1. The molecule has 0 saturated heterocycles. The normalized spacial score (nSPS) is 11.0. The van der Waals surface area contributed by atoms with Crippen LogP contribution in [-0.2, 0) is 11.3 Å². The highest BCUT2D eigenvalue weighted by Crippen LogP contribution is 2.26. The number of para-hydroxylation sites is 1. The molecule has 1 aromatic carbocycles. The minimum atomic E-state index is -0.459. The summed E-state index contributed by atoms with van der Waals surface area (Å²) < 4.78 is 1.78. The summed E-state index contributed by atoms with van der Waals surface area (Å²) >= 11 is 5.52. The van der Waals surface area contributed by atoms with Gasteiger partial charge in [0.2, 0.25) is 5.24 Å². The van der Waals surface area contributed by atoms with Crippen LogP contribution in [0.2, 0.25) is 0 Å². The van der Waals surface area contributed by atoms with Gasteiger partial charge < -0.3 is 4.57 Å². The van der Waals surface area contributed by atoms with E-state index >= 15 is 0 Å². The van der Waals surface area contributed by atoms with Gasteiger partial charge in [0.15, 0.2) is 5.43 Å². The number of fused-ring (bicyclic) bond motifs is 2. The quantitative estimate of drug-likeness (QED) is 0.531. The molecule has 0 spiro atoms. The van der Waals surface area contributed by atoms with E-state index in [0.717, 1.165) is 16.6 Å². The molecule has 0 fully saturated rings. The fourth-order valence-corrected chi connectivity index (χ4v) is 2.47. The van der Waals surface area contributed by atoms with Gasteiger partial charge in [-0.05, 0) is 41.3 Å². The van der Waals surface area contributed by atoms with Crippen LogP contribution in [0.15, 0.2) is 53.3 Å². The zero-order valence-electron chi connectivity index (χ0n) is 9.97. The van der Waals surface area contributed by atoms with Crippen molar-refractivity contribution < 1.29 is 4.79 Å². The minimum Gasteiger partial charge on any atom is -0.332 e. The molecule has 1 aromatic rings. The van der Waals surface area contributed by atoms with Gasteiger partial charge in [0.25, 0.3) is 0 Å². The van der Waals surface area contributed by atoms with Gasteiger partial charge in [-0.15, -0.1) is 0 Å². The molecule has 0 unspecified atom stereocenters. The first-order valence-electron chi connectivity index (χ1n) is 5.86. The van der Waals surface area contributed by atoms with E-state index in [-0.39, 0.29) is 12.0 Å². The zero-order chi connectivity index (χ0) is 13.4. The van der Waals surface area contributed by atoms with Gasteiger partial charge in [0.1, 0.15) is 0 Å². The fraction of sp³-hybridized carbons (Fsp3) is 0.0667. The van der Waals surface area contributed by atoms with E-state index in [9.17, 15) is 9.59 Å². The summed E-state index contributed by atoms with van der Waals surface area (Å²) in [6.45, 7) is 0.0445. The van der Waals surface area contributed by atoms with Crippen LogP contribution < -0.4 is 5.43 Å². The molecule has 1 heterocycles. The molecular weight excluding hydrogens is 262 g/mol. The molecule has 94 valence electrons. The molecule has 0 radical (unpaired) electrons. The Morgan fingerprint density at radius 3 is 2.68 bits per heavy atom. The van der Waals surface area contributed by atoms with Crippen molar-refractivity contribution in [2.24, 2.45) is 0 Å². The van der Waals surface area contributed by atoms with E-state index in [4.69, 9.17) is 11.6 Å². The molecular formula is C15H10ClNO2. The van der Waals surface area contributed by atoms with Crippen LogP contribution >= 0.6 is 11.6 Å². The van der Waals surface area contributed by atoms with E-state index in [2.05, 4.69) is 0 Å². The van der Waals surface area contributed by atoms with Crippen molar-refractivity contribution in [1.82, 2.24) is 4.57 Å². The van der Waals surface area contributed by atoms with E-state index < -0.39 is 5.24 Å². The van der Waals surface area contributed by atoms with Crippen molar-refractivity contribution >= 4 is 27.7 Å². The average Bonchev–Trinajstić information content (AvgIpc) is 2.39. The largest absolute Gasteiger partial charge is 0.332 e. The van der Waals surface area contributed by atoms with Gasteiger partial charge in [-0.25, -0.2) is 0 Å². The second-order valence-electron chi connectivity index (χ2n) is 4.33. The van der Waals surface area contributed by atoms with Crippen LogP contribution in [0.4, 0.5) is 0 Å². The molecule has 0 bridgehead atoms. The summed E-state index contributed by atoms with van der Waals surface area (Å²) in [5, 5.41) is 0.454. The highest BCUT2D eigenvalue weighted by Gasteiger charge is 2.14. The average molecular weight is 272 g/mol. The number of hydrogen-bond acceptors (Lipinski definition) is 2. The molecule has 3 nitrogen and oxygen atoms in total. The number of hydrogen-bond donors (Lipinski definition) is 0. The number of pyridine rings is 1. The van der Waals surface area contributed by atoms with Gasteiger partial charge in [-0.2, -0.15) is 0 Å². The van der Waals surface area contributed by atoms with E-state index in [1.54, 1.807) is 10.6 Å². The number of rotatable bonds is 2. The Kier molecular flexibility index (Phi) is 2.84. The Labute approximate surface area is 114 Å². The summed E-state index contributed by atoms with van der Waals surface area (Å²) in [6.07, 6.45) is 0. The van der Waals surface area contributed by atoms with Crippen LogP contribution in [0.5, 0.6) is 0 Å². The van der Waals surface area contributed by atoms with E-state index in [1.807, 2.05) is 36.4 Å². The third kappa shape index (κ3) is 2.02. The third-order valence-corrected chi connectivity index (χ3v) is 3.26. The van der Waals surface area contributed by atoms with Gasteiger partial charge in [-0.1, -0.05) is 24.3 Å². The summed E-state index contributed by atoms with van der Waals surface area (Å²) in [5.74, 6) is 0. The standard InChI is InChI=1S/C15H10ClNO2/c16-15(19)9-17-12-5-2-1-4-10(12)8-11-13(17)6-3-7-14(11)18/h1-8H,9H2. The van der Waals surface area contributed by atoms with E-state index in [0.29, 0.717) is 5.56 Å². The van der Waals surface area contributed by atoms with Gasteiger partial charge in [0.05, 0.1) is 12.2 Å². The predicted octanol–water partition coefficient (Wildman–Crippen LogP) is 2.87. The predicted molar refractivity (Wildman–Crippen MR) is 75.7 cm³/mol. The molecule has 0 atom stereocenters. The zero-order valence-corrected chi connectivity index (χ0v) is 10.7. The monoisotopic (exact) mass is 271 g/mol. The fourth-order valence-electron chi connectivity index (χ4n) is 2.35. The van der Waals surface area contributed by atoms with Crippen LogP contribution in [-0.4, -0.2) is 9.81 Å². The smallest absolute Gasteiger partial charge is 0.241 e. The number of carbonyl (C=O) groups excluding carboxylic acids is 1. The molecule has 4 heteroatoms. The summed E-state index contributed by atoms with van der Waals surface area (Å²) in [4.78, 5) is 23.2. The van der Waals surface area contributed by atoms with Crippen LogP contribution in [0, 0.1) is 0 Å². The lowest BCUT2D eigenvalue weighted by atomic mass is 10.0. The molecule has 1 aliphatic heterocycles. The molecule has 1 aliphatic carbocycles. The lowest BCUT2D eigenvalue weighted by Gasteiger charge is -2.17. The Hall–Kier alpha value is -2.13. The van der Waals surface area contributed by atoms with Crippen LogP contribution in [0.3, 0.4) is 0 Å². The first-order valence-corrected chi connectivity index (χ1v) is 6.24. The maximum absolute atomic E-state index is 11.9. The Bertz CT molecular complexity index is 807. The first kappa shape index (κ1) is 11.9. The summed E-state index contributed by atoms with van der Waals surface area (Å²) in [6, 6.07) is 14.5. The maximum atomic E-state index is 11.9. The Morgan fingerprint density at radius 1 is 1.11 bits per heavy atom. The van der Waals surface area contributed by atoms with Crippen LogP contribution in [0.1, 0.15) is 0 Å². The number of benzene rings is 2. The second kappa shape index (κ2) is 4.52. The molecule has 0 amide bonds. The molecule has 19 heavy (non-hydrogen) atoms. The summed E-state index contributed by atoms with van der Waals surface area (Å²) in [5.41, 5.74) is 2.15. The molecule has 3 rings (SSSR count). The molecule has 0 N–H and O–H groups in total. The molecule has 0 aromatic heterocycles. The van der Waals surface area contributed by atoms with Crippen molar-refractivity contribution in [2.75, 3.05) is 0 Å². The van der Waals surface area contributed by atoms with Gasteiger partial charge in [-0.3, -0.25) is 9.59 Å². The van der Waals surface area contributed by atoms with Crippen LogP contribution in [0.25, 0.3) is 22.2 Å². The van der Waals surface area contributed by atoms with Crippen molar-refractivity contribution in [3.63, 3.8) is 0 Å². The minimum absolute atomic E-state index is 0.0445. The maximum Gasteiger partial charge on any atom is 0.241 e. The lowest BCUT2D eigenvalue weighted by Crippen LogP contribution is -2.14. The topological polar surface area (TPSA) is 39.1 Å². The molecule has 2 aliphatic rings. The van der Waals surface area contributed by atoms with Crippen molar-refractivity contribution in [3.05, 3.63) is 58.8 Å². The second-order valence-corrected chi connectivity index (χ2v) is 4.75. The number of aromatic nitrogens is 1. The highest BCUT2D eigenvalue weighted by molar-refractivity contribution is 6.63. The highest BCUT2D eigenvalue weighted by atomic mass is 35.5. The number of nitrogens with zero attached hydrogens (tertiary/aromatic N) is 1. The first-order chi connectivity index (χ1) is 9.16. The number of halogens is 1. The third-order valence-electron chi connectivity index (χ3n) is 3.14. The Morgan fingerprint density at radius 2 is 1.89 bits per heavy atom. The van der Waals surface area contributed by atoms with Gasteiger partial charge in [0, 0.05) is 11.1 Å². The lowest BCUT2D eigenvalue weighted by molar-refractivity contribution is -0.112. The Balaban J connectivity index is 2.48. The molecule has 0 saturated carbocycles. The van der Waals surface area contributed by atoms with Gasteiger partial charge >= 0.3 is 0 Å².